The van der Waals surface area contributed by atoms with Crippen LogP contribution in [-0.4, -0.2) is 28.2 Å². The van der Waals surface area contributed by atoms with E-state index in [0.717, 1.165) is 35.4 Å². The molecule has 0 spiro atoms. The standard InChI is InChI=1S/C12H18N4OS/c1-8(7-17)3-2-5-14-10-9-4-6-18-11(9)16-12(13)15-10/h4,6,8,17H,2-3,5,7H2,1H3,(H3,13,14,15,16). The molecule has 5 nitrogen and oxygen atoms in total. The van der Waals surface area contributed by atoms with Gasteiger partial charge in [0.15, 0.2) is 0 Å². The lowest BCUT2D eigenvalue weighted by molar-refractivity contribution is 0.229. The second-order valence-electron chi connectivity index (χ2n) is 4.43. The molecule has 0 aliphatic rings. The van der Waals surface area contributed by atoms with Crippen molar-refractivity contribution in [3.05, 3.63) is 11.4 Å². The van der Waals surface area contributed by atoms with Crippen LogP contribution in [0.3, 0.4) is 0 Å². The van der Waals surface area contributed by atoms with Gasteiger partial charge in [-0.3, -0.25) is 0 Å². The van der Waals surface area contributed by atoms with Crippen LogP contribution in [0.1, 0.15) is 19.8 Å². The molecule has 2 rings (SSSR count). The van der Waals surface area contributed by atoms with Gasteiger partial charge in [-0.05, 0) is 30.2 Å². The van der Waals surface area contributed by atoms with Gasteiger partial charge in [-0.25, -0.2) is 4.98 Å². The van der Waals surface area contributed by atoms with Gasteiger partial charge in [0.25, 0.3) is 0 Å². The Bertz CT molecular complexity index is 514. The lowest BCUT2D eigenvalue weighted by Gasteiger charge is -2.09. The lowest BCUT2D eigenvalue weighted by atomic mass is 10.1. The van der Waals surface area contributed by atoms with Crippen molar-refractivity contribution in [3.63, 3.8) is 0 Å². The fourth-order valence-corrected chi connectivity index (χ4v) is 2.53. The van der Waals surface area contributed by atoms with Crippen LogP contribution in [0.2, 0.25) is 0 Å². The number of nitrogen functional groups attached to an aromatic ring is 1. The Balaban J connectivity index is 1.97. The van der Waals surface area contributed by atoms with Crippen LogP contribution in [0.5, 0.6) is 0 Å². The third-order valence-corrected chi connectivity index (χ3v) is 3.63. The largest absolute Gasteiger partial charge is 0.396 e. The molecule has 0 aliphatic carbocycles. The number of fused-ring (bicyclic) bond motifs is 1. The number of rotatable bonds is 6. The van der Waals surface area contributed by atoms with E-state index in [-0.39, 0.29) is 6.61 Å². The van der Waals surface area contributed by atoms with E-state index >= 15 is 0 Å². The fourth-order valence-electron chi connectivity index (χ4n) is 1.76. The summed E-state index contributed by atoms with van der Waals surface area (Å²) in [5, 5.41) is 15.2. The zero-order chi connectivity index (χ0) is 13.0. The molecule has 2 heterocycles. The van der Waals surface area contributed by atoms with E-state index in [0.29, 0.717) is 11.9 Å². The highest BCUT2D eigenvalue weighted by Gasteiger charge is 2.07. The Morgan fingerprint density at radius 2 is 2.33 bits per heavy atom. The van der Waals surface area contributed by atoms with Crippen LogP contribution in [0.25, 0.3) is 10.2 Å². The van der Waals surface area contributed by atoms with Crippen molar-refractivity contribution in [2.45, 2.75) is 19.8 Å². The van der Waals surface area contributed by atoms with E-state index in [1.165, 1.54) is 0 Å². The number of aromatic nitrogens is 2. The maximum Gasteiger partial charge on any atom is 0.223 e. The van der Waals surface area contributed by atoms with Crippen molar-refractivity contribution in [1.82, 2.24) is 9.97 Å². The Kier molecular flexibility index (Phi) is 4.33. The zero-order valence-corrected chi connectivity index (χ0v) is 11.2. The minimum absolute atomic E-state index is 0.245. The lowest BCUT2D eigenvalue weighted by Crippen LogP contribution is -2.08. The van der Waals surface area contributed by atoms with E-state index in [4.69, 9.17) is 10.8 Å². The summed E-state index contributed by atoms with van der Waals surface area (Å²) in [5.41, 5.74) is 5.67. The third-order valence-electron chi connectivity index (χ3n) is 2.82. The molecular formula is C12H18N4OS. The minimum Gasteiger partial charge on any atom is -0.396 e. The van der Waals surface area contributed by atoms with Crippen molar-refractivity contribution < 1.29 is 5.11 Å². The van der Waals surface area contributed by atoms with Crippen LogP contribution >= 0.6 is 11.3 Å². The molecule has 1 unspecified atom stereocenters. The predicted octanol–water partition coefficient (Wildman–Crippen LogP) is 2.09. The van der Waals surface area contributed by atoms with E-state index in [1.807, 2.05) is 18.4 Å². The van der Waals surface area contributed by atoms with Crippen molar-refractivity contribution in [2.24, 2.45) is 5.92 Å². The third kappa shape index (κ3) is 3.08. The summed E-state index contributed by atoms with van der Waals surface area (Å²) in [7, 11) is 0. The van der Waals surface area contributed by atoms with Crippen LogP contribution in [0, 0.1) is 5.92 Å². The average molecular weight is 266 g/mol. The maximum absolute atomic E-state index is 8.94. The van der Waals surface area contributed by atoms with Gasteiger partial charge in [0.1, 0.15) is 10.6 Å². The Morgan fingerprint density at radius 3 is 3.11 bits per heavy atom. The summed E-state index contributed by atoms with van der Waals surface area (Å²) in [6, 6.07) is 2.00. The van der Waals surface area contributed by atoms with Crippen molar-refractivity contribution in [3.8, 4) is 0 Å². The first-order valence-electron chi connectivity index (χ1n) is 6.06. The number of aliphatic hydroxyl groups excluding tert-OH is 1. The molecule has 0 radical (unpaired) electrons. The number of hydrogen-bond acceptors (Lipinski definition) is 6. The van der Waals surface area contributed by atoms with Crippen molar-refractivity contribution in [1.29, 1.82) is 0 Å². The summed E-state index contributed by atoms with van der Waals surface area (Å²) < 4.78 is 0. The molecule has 0 aromatic carbocycles. The maximum atomic E-state index is 8.94. The summed E-state index contributed by atoms with van der Waals surface area (Å²) >= 11 is 1.56. The molecule has 0 aliphatic heterocycles. The quantitative estimate of drug-likeness (QED) is 0.697. The number of nitrogens with two attached hydrogens (primary N) is 1. The first-order chi connectivity index (χ1) is 8.70. The minimum atomic E-state index is 0.245. The smallest absolute Gasteiger partial charge is 0.223 e. The van der Waals surface area contributed by atoms with Crippen molar-refractivity contribution >= 4 is 33.3 Å². The molecule has 6 heteroatoms. The van der Waals surface area contributed by atoms with Gasteiger partial charge in [0, 0.05) is 13.2 Å². The molecule has 0 bridgehead atoms. The molecule has 0 saturated heterocycles. The van der Waals surface area contributed by atoms with Gasteiger partial charge in [0.05, 0.1) is 5.39 Å². The van der Waals surface area contributed by atoms with Crippen LogP contribution in [0.15, 0.2) is 11.4 Å². The highest BCUT2D eigenvalue weighted by atomic mass is 32.1. The van der Waals surface area contributed by atoms with E-state index in [2.05, 4.69) is 15.3 Å². The van der Waals surface area contributed by atoms with Crippen LogP contribution in [-0.2, 0) is 0 Å². The van der Waals surface area contributed by atoms with E-state index < -0.39 is 0 Å². The molecule has 1 atom stereocenters. The van der Waals surface area contributed by atoms with Crippen molar-refractivity contribution in [2.75, 3.05) is 24.2 Å². The normalized spacial score (nSPS) is 12.8. The number of hydrogen-bond donors (Lipinski definition) is 3. The van der Waals surface area contributed by atoms with E-state index in [1.54, 1.807) is 11.3 Å². The fraction of sp³-hybridized carbons (Fsp3) is 0.500. The summed E-state index contributed by atoms with van der Waals surface area (Å²) in [6.45, 7) is 3.11. The number of nitrogens with zero attached hydrogens (tertiary/aromatic N) is 2. The molecular weight excluding hydrogens is 248 g/mol. The number of anilines is 2. The van der Waals surface area contributed by atoms with E-state index in [9.17, 15) is 0 Å². The van der Waals surface area contributed by atoms with Gasteiger partial charge in [-0.15, -0.1) is 11.3 Å². The Labute approximate surface area is 110 Å². The number of thiophene rings is 1. The second-order valence-corrected chi connectivity index (χ2v) is 5.32. The molecule has 4 N–H and O–H groups in total. The second kappa shape index (κ2) is 5.97. The monoisotopic (exact) mass is 266 g/mol. The molecule has 0 amide bonds. The number of aliphatic hydroxyl groups is 1. The highest BCUT2D eigenvalue weighted by molar-refractivity contribution is 7.16. The molecule has 2 aromatic heterocycles. The first kappa shape index (κ1) is 13.0. The molecule has 98 valence electrons. The topological polar surface area (TPSA) is 84.1 Å². The van der Waals surface area contributed by atoms with Gasteiger partial charge in [-0.2, -0.15) is 4.98 Å². The van der Waals surface area contributed by atoms with Gasteiger partial charge in [-0.1, -0.05) is 6.92 Å². The van der Waals surface area contributed by atoms with Gasteiger partial charge in [0.2, 0.25) is 5.95 Å². The predicted molar refractivity (Wildman–Crippen MR) is 75.8 cm³/mol. The highest BCUT2D eigenvalue weighted by Crippen LogP contribution is 2.25. The SMILES string of the molecule is CC(CO)CCCNc1nc(N)nc2sccc12. The zero-order valence-electron chi connectivity index (χ0n) is 10.4. The summed E-state index contributed by atoms with van der Waals surface area (Å²) in [5.74, 6) is 1.45. The Hall–Kier alpha value is -1.40. The summed E-state index contributed by atoms with van der Waals surface area (Å²) in [4.78, 5) is 9.31. The van der Waals surface area contributed by atoms with Gasteiger partial charge >= 0.3 is 0 Å². The van der Waals surface area contributed by atoms with Crippen LogP contribution < -0.4 is 11.1 Å². The van der Waals surface area contributed by atoms with Gasteiger partial charge < -0.3 is 16.2 Å². The molecule has 0 saturated carbocycles. The Morgan fingerprint density at radius 1 is 1.50 bits per heavy atom. The molecule has 18 heavy (non-hydrogen) atoms. The average Bonchev–Trinajstić information content (AvgIpc) is 2.81. The number of nitrogens with one attached hydrogen (secondary N) is 1. The molecule has 0 fully saturated rings. The van der Waals surface area contributed by atoms with Crippen LogP contribution in [0.4, 0.5) is 11.8 Å². The molecule has 2 aromatic rings. The summed E-state index contributed by atoms with van der Waals surface area (Å²) in [6.07, 6.45) is 1.99. The first-order valence-corrected chi connectivity index (χ1v) is 6.94.